The first-order chi connectivity index (χ1) is 6.29. The minimum atomic E-state index is 0.291. The molecule has 4 heteroatoms. The quantitative estimate of drug-likeness (QED) is 0.540. The summed E-state index contributed by atoms with van der Waals surface area (Å²) in [6.45, 7) is 1.65. The van der Waals surface area contributed by atoms with E-state index in [2.05, 4.69) is 4.98 Å². The molecule has 13 heavy (non-hydrogen) atoms. The number of hydrogen-bond donors (Lipinski definition) is 0. The van der Waals surface area contributed by atoms with Crippen LogP contribution in [-0.4, -0.2) is 16.5 Å². The van der Waals surface area contributed by atoms with Gasteiger partial charge < -0.3 is 4.79 Å². The first-order valence-corrected chi connectivity index (χ1v) is 6.17. The molecule has 72 valence electrons. The van der Waals surface area contributed by atoms with Crippen molar-refractivity contribution in [3.8, 4) is 0 Å². The van der Waals surface area contributed by atoms with Gasteiger partial charge in [-0.15, -0.1) is 11.3 Å². The molecule has 0 aliphatic heterocycles. The third kappa shape index (κ3) is 5.05. The number of hydrogen-bond acceptors (Lipinski definition) is 4. The summed E-state index contributed by atoms with van der Waals surface area (Å²) in [7, 11) is 0. The fraction of sp³-hybridized carbons (Fsp3) is 0.556. The third-order valence-electron chi connectivity index (χ3n) is 1.56. The molecule has 1 rings (SSSR count). The van der Waals surface area contributed by atoms with Gasteiger partial charge in [-0.25, -0.2) is 4.98 Å². The molecule has 0 aliphatic rings. The molecule has 2 nitrogen and oxygen atoms in total. The molecule has 0 spiro atoms. The van der Waals surface area contributed by atoms with Crippen molar-refractivity contribution < 1.29 is 4.79 Å². The topological polar surface area (TPSA) is 30.0 Å². The monoisotopic (exact) mass is 215 g/mol. The standard InChI is InChI=1S/C9H13NOS2/c1-8(11)4-2-3-6-12-9-10-5-7-13-9/h5,7H,2-4,6H2,1H3. The Labute approximate surface area is 86.8 Å². The maximum absolute atomic E-state index is 10.6. The van der Waals surface area contributed by atoms with E-state index in [1.54, 1.807) is 30.0 Å². The van der Waals surface area contributed by atoms with Crippen LogP contribution in [-0.2, 0) is 4.79 Å². The van der Waals surface area contributed by atoms with Gasteiger partial charge in [0.15, 0.2) is 0 Å². The number of Topliss-reactive ketones (excluding diaryl/α,β-unsaturated/α-hetero) is 1. The van der Waals surface area contributed by atoms with Crippen LogP contribution in [0, 0.1) is 0 Å². The smallest absolute Gasteiger partial charge is 0.149 e. The van der Waals surface area contributed by atoms with E-state index in [4.69, 9.17) is 0 Å². The van der Waals surface area contributed by atoms with Gasteiger partial charge in [-0.1, -0.05) is 11.8 Å². The average Bonchev–Trinajstić information content (AvgIpc) is 2.55. The van der Waals surface area contributed by atoms with Crippen LogP contribution in [0.25, 0.3) is 0 Å². The molecule has 0 aromatic carbocycles. The number of thioether (sulfide) groups is 1. The lowest BCUT2D eigenvalue weighted by Crippen LogP contribution is -1.90. The Morgan fingerprint density at radius 2 is 2.46 bits per heavy atom. The Morgan fingerprint density at radius 1 is 1.62 bits per heavy atom. The van der Waals surface area contributed by atoms with Crippen LogP contribution in [0.2, 0.25) is 0 Å². The molecule has 0 N–H and O–H groups in total. The highest BCUT2D eigenvalue weighted by Crippen LogP contribution is 2.21. The zero-order chi connectivity index (χ0) is 9.52. The van der Waals surface area contributed by atoms with Crippen molar-refractivity contribution >= 4 is 28.9 Å². The number of nitrogens with zero attached hydrogens (tertiary/aromatic N) is 1. The minimum Gasteiger partial charge on any atom is -0.300 e. The SMILES string of the molecule is CC(=O)CCCCSc1nccs1. The zero-order valence-corrected chi connectivity index (χ0v) is 9.29. The van der Waals surface area contributed by atoms with E-state index >= 15 is 0 Å². The van der Waals surface area contributed by atoms with Gasteiger partial charge in [0, 0.05) is 23.8 Å². The number of rotatable bonds is 6. The molecular weight excluding hydrogens is 202 g/mol. The van der Waals surface area contributed by atoms with E-state index in [0.29, 0.717) is 5.78 Å². The van der Waals surface area contributed by atoms with Crippen molar-refractivity contribution in [2.75, 3.05) is 5.75 Å². The van der Waals surface area contributed by atoms with E-state index in [9.17, 15) is 4.79 Å². The second-order valence-electron chi connectivity index (χ2n) is 2.81. The van der Waals surface area contributed by atoms with Crippen LogP contribution < -0.4 is 0 Å². The molecular formula is C9H13NOS2. The molecule has 0 saturated heterocycles. The predicted octanol–water partition coefficient (Wildman–Crippen LogP) is 2.99. The molecule has 0 bridgehead atoms. The molecule has 0 amide bonds. The van der Waals surface area contributed by atoms with Gasteiger partial charge in [0.05, 0.1) is 0 Å². The number of carbonyl (C=O) groups excluding carboxylic acids is 1. The molecule has 1 aromatic rings. The van der Waals surface area contributed by atoms with Crippen molar-refractivity contribution in [2.45, 2.75) is 30.5 Å². The summed E-state index contributed by atoms with van der Waals surface area (Å²) < 4.78 is 1.13. The van der Waals surface area contributed by atoms with Crippen LogP contribution >= 0.6 is 23.1 Å². The second kappa shape index (κ2) is 6.16. The molecule has 0 radical (unpaired) electrons. The van der Waals surface area contributed by atoms with E-state index in [1.807, 2.05) is 11.6 Å². The molecule has 0 unspecified atom stereocenters. The lowest BCUT2D eigenvalue weighted by atomic mass is 10.2. The number of ketones is 1. The number of carbonyl (C=O) groups is 1. The largest absolute Gasteiger partial charge is 0.300 e. The van der Waals surface area contributed by atoms with Crippen molar-refractivity contribution in [1.29, 1.82) is 0 Å². The maximum Gasteiger partial charge on any atom is 0.149 e. The van der Waals surface area contributed by atoms with Gasteiger partial charge in [0.1, 0.15) is 10.1 Å². The lowest BCUT2D eigenvalue weighted by molar-refractivity contribution is -0.117. The second-order valence-corrected chi connectivity index (χ2v) is 5.04. The molecule has 0 saturated carbocycles. The van der Waals surface area contributed by atoms with Crippen LogP contribution in [0.5, 0.6) is 0 Å². The molecule has 1 aromatic heterocycles. The summed E-state index contributed by atoms with van der Waals surface area (Å²) in [5.74, 6) is 1.36. The Kier molecular flexibility index (Phi) is 5.08. The first kappa shape index (κ1) is 10.7. The van der Waals surface area contributed by atoms with Crippen LogP contribution in [0.1, 0.15) is 26.2 Å². The Bertz CT molecular complexity index is 246. The van der Waals surface area contributed by atoms with Gasteiger partial charge in [0.2, 0.25) is 0 Å². The minimum absolute atomic E-state index is 0.291. The predicted molar refractivity (Wildman–Crippen MR) is 57.4 cm³/mol. The van der Waals surface area contributed by atoms with E-state index in [0.717, 1.165) is 29.4 Å². The van der Waals surface area contributed by atoms with E-state index in [1.165, 1.54) is 0 Å². The van der Waals surface area contributed by atoms with Gasteiger partial charge in [-0.3, -0.25) is 0 Å². The summed E-state index contributed by atoms with van der Waals surface area (Å²) >= 11 is 3.45. The summed E-state index contributed by atoms with van der Waals surface area (Å²) in [6.07, 6.45) is 4.65. The zero-order valence-electron chi connectivity index (χ0n) is 7.66. The van der Waals surface area contributed by atoms with Gasteiger partial charge in [0.25, 0.3) is 0 Å². The first-order valence-electron chi connectivity index (χ1n) is 4.31. The molecule has 0 fully saturated rings. The van der Waals surface area contributed by atoms with Crippen molar-refractivity contribution in [2.24, 2.45) is 0 Å². The summed E-state index contributed by atoms with van der Waals surface area (Å²) in [6, 6.07) is 0. The number of aromatic nitrogens is 1. The van der Waals surface area contributed by atoms with Crippen molar-refractivity contribution in [1.82, 2.24) is 4.98 Å². The van der Waals surface area contributed by atoms with Gasteiger partial charge >= 0.3 is 0 Å². The van der Waals surface area contributed by atoms with Crippen LogP contribution in [0.3, 0.4) is 0 Å². The molecule has 0 aliphatic carbocycles. The third-order valence-corrected chi connectivity index (χ3v) is 3.61. The van der Waals surface area contributed by atoms with Gasteiger partial charge in [-0.2, -0.15) is 0 Å². The van der Waals surface area contributed by atoms with E-state index in [-0.39, 0.29) is 0 Å². The van der Waals surface area contributed by atoms with E-state index < -0.39 is 0 Å². The highest BCUT2D eigenvalue weighted by atomic mass is 32.2. The van der Waals surface area contributed by atoms with Crippen LogP contribution in [0.15, 0.2) is 15.9 Å². The Balaban J connectivity index is 1.99. The number of thiazole rings is 1. The molecule has 1 heterocycles. The van der Waals surface area contributed by atoms with Gasteiger partial charge in [-0.05, 0) is 19.8 Å². The maximum atomic E-state index is 10.6. The normalized spacial score (nSPS) is 10.2. The van der Waals surface area contributed by atoms with Crippen molar-refractivity contribution in [3.05, 3.63) is 11.6 Å². The lowest BCUT2D eigenvalue weighted by Gasteiger charge is -1.96. The van der Waals surface area contributed by atoms with Crippen molar-refractivity contribution in [3.63, 3.8) is 0 Å². The average molecular weight is 215 g/mol. The highest BCUT2D eigenvalue weighted by Gasteiger charge is 1.97. The summed E-state index contributed by atoms with van der Waals surface area (Å²) in [5, 5.41) is 1.98. The number of unbranched alkanes of at least 4 members (excludes halogenated alkanes) is 1. The summed E-state index contributed by atoms with van der Waals surface area (Å²) in [5.41, 5.74) is 0. The highest BCUT2D eigenvalue weighted by molar-refractivity contribution is 8.00. The Hall–Kier alpha value is -0.350. The fourth-order valence-electron chi connectivity index (χ4n) is 0.917. The fourth-order valence-corrected chi connectivity index (χ4v) is 2.62. The summed E-state index contributed by atoms with van der Waals surface area (Å²) in [4.78, 5) is 14.8. The Morgan fingerprint density at radius 3 is 3.08 bits per heavy atom. The van der Waals surface area contributed by atoms with Crippen LogP contribution in [0.4, 0.5) is 0 Å². The molecule has 0 atom stereocenters.